The molecular weight excluding hydrogens is 800 g/mol. The van der Waals surface area contributed by atoms with Gasteiger partial charge in [0.05, 0.1) is 39.2 Å². The molecule has 0 unspecified atom stereocenters. The summed E-state index contributed by atoms with van der Waals surface area (Å²) in [6.07, 6.45) is -6.62. The number of aromatic hydroxyl groups is 2. The summed E-state index contributed by atoms with van der Waals surface area (Å²) in [6.45, 7) is -0.0550. The van der Waals surface area contributed by atoms with Crippen LogP contribution in [0.5, 0.6) is 23.0 Å². The van der Waals surface area contributed by atoms with Crippen molar-refractivity contribution in [1.29, 1.82) is 0 Å². The Kier molecular flexibility index (Phi) is 18.6. The Labute approximate surface area is 332 Å². The van der Waals surface area contributed by atoms with Gasteiger partial charge in [-0.15, -0.1) is 0 Å². The summed E-state index contributed by atoms with van der Waals surface area (Å²) < 4.78 is 47.0. The molecule has 2 heterocycles. The number of phenolic OH excluding ortho intramolecular Hbond substituents is 2. The largest absolute Gasteiger partial charge is 0.508 e. The third kappa shape index (κ3) is 14.3. The summed E-state index contributed by atoms with van der Waals surface area (Å²) in [5.41, 5.74) is -1.54. The van der Waals surface area contributed by atoms with Crippen molar-refractivity contribution in [3.05, 3.63) is 80.4 Å². The normalized spacial score (nSPS) is 19.3. The van der Waals surface area contributed by atoms with Crippen molar-refractivity contribution in [2.24, 2.45) is 0 Å². The van der Waals surface area contributed by atoms with Crippen molar-refractivity contribution < 1.29 is 73.0 Å². The fourth-order valence-corrected chi connectivity index (χ4v) is 7.14. The summed E-state index contributed by atoms with van der Waals surface area (Å²) >= 11 is 0. The topological polar surface area (TPSA) is 266 Å². The molecule has 1 aliphatic rings. The van der Waals surface area contributed by atoms with E-state index < -0.39 is 78.6 Å². The zero-order valence-electron chi connectivity index (χ0n) is 30.5. The molecule has 0 bridgehead atoms. The average Bonchev–Trinajstić information content (AvgIpc) is 3.18. The Morgan fingerprint density at radius 2 is 1.60 bits per heavy atom. The van der Waals surface area contributed by atoms with Crippen molar-refractivity contribution >= 4 is 33.3 Å². The van der Waals surface area contributed by atoms with Crippen LogP contribution in [0.2, 0.25) is 0 Å². The maximum atomic E-state index is 13.4. The van der Waals surface area contributed by atoms with Gasteiger partial charge < -0.3 is 59.1 Å². The first kappa shape index (κ1) is 45.5. The number of ketones is 1. The fourth-order valence-electron chi connectivity index (χ4n) is 5.19. The minimum atomic E-state index is -1.78. The lowest BCUT2D eigenvalue weighted by atomic mass is 9.99. The minimum Gasteiger partial charge on any atom is -0.508 e. The molecule has 3 aromatic rings. The molecule has 1 fully saturated rings. The number of aryl methyl sites for hydroxylation is 1. The van der Waals surface area contributed by atoms with Crippen LogP contribution >= 0.6 is 21.6 Å². The molecule has 1 aromatic heterocycles. The monoisotopic (exact) mass is 844 g/mol. The van der Waals surface area contributed by atoms with Crippen LogP contribution in [0.15, 0.2) is 52.2 Å². The molecule has 18 nitrogen and oxygen atoms in total. The zero-order chi connectivity index (χ0) is 41.3. The highest BCUT2D eigenvalue weighted by Gasteiger charge is 2.45. The van der Waals surface area contributed by atoms with Crippen LogP contribution in [-0.4, -0.2) is 134 Å². The van der Waals surface area contributed by atoms with E-state index in [9.17, 15) is 54.2 Å². The predicted molar refractivity (Wildman–Crippen MR) is 202 cm³/mol. The summed E-state index contributed by atoms with van der Waals surface area (Å²) in [4.78, 5) is 49.6. The van der Waals surface area contributed by atoms with Crippen LogP contribution in [0, 0.1) is 5.82 Å². The lowest BCUT2D eigenvalue weighted by Gasteiger charge is -2.39. The van der Waals surface area contributed by atoms with Gasteiger partial charge in [-0.1, -0.05) is 33.7 Å². The molecule has 1 aliphatic heterocycles. The van der Waals surface area contributed by atoms with Crippen LogP contribution in [0.25, 0.3) is 0 Å². The van der Waals surface area contributed by atoms with Crippen molar-refractivity contribution in [2.45, 2.75) is 63.1 Å². The zero-order valence-corrected chi connectivity index (χ0v) is 32.2. The van der Waals surface area contributed by atoms with Gasteiger partial charge in [0.1, 0.15) is 59.6 Å². The summed E-state index contributed by atoms with van der Waals surface area (Å²) in [7, 11) is 3.09. The van der Waals surface area contributed by atoms with Crippen molar-refractivity contribution in [1.82, 2.24) is 9.55 Å². The first-order valence-corrected chi connectivity index (χ1v) is 20.2. The number of aliphatic hydroxyl groups excluding tert-OH is 4. The Hall–Kier alpha value is -4.19. The Morgan fingerprint density at radius 3 is 2.33 bits per heavy atom. The number of carbonyl (C=O) groups is 2. The lowest BCUT2D eigenvalue weighted by molar-refractivity contribution is -0.277. The standard InChI is InChI=1S/C36H45FN2O16S2/c37-24-18-39(36(49)38-34(24)48)20-53-29(44)2-1-14-56-57-15-13-51-10-9-50-11-12-52-23-16-26(43)30(25(42)8-5-21-3-6-22(41)7-4-21)27(17-23)54-35-33(47)32(46)31(45)28(19-40)55-35/h3-4,6-7,16-18,28,31-33,35,40-41,43,45-47H,1-2,5,8-15,19-20H2,(H,38,48,49)/t28-,31-,32+,33-,35-/m1/s1. The SMILES string of the molecule is O=C(CCCSSCCOCCOCCOc1cc(O)c(C(=O)CCc2ccc(O)cc2)c(O[C@@H]2O[C@H](CO)[C@@H](O)[C@H](O)[C@H]2O)c1)OCn1cc(F)c(=O)[nH]c1=O. The average molecular weight is 845 g/mol. The van der Waals surface area contributed by atoms with Gasteiger partial charge in [0, 0.05) is 36.5 Å². The number of hydrogen-bond donors (Lipinski definition) is 7. The highest BCUT2D eigenvalue weighted by molar-refractivity contribution is 8.76. The number of aliphatic hydroxyl groups is 4. The van der Waals surface area contributed by atoms with E-state index in [1.165, 1.54) is 35.1 Å². The molecular formula is C36H45FN2O16S2. The van der Waals surface area contributed by atoms with Gasteiger partial charge in [-0.25, -0.2) is 4.79 Å². The van der Waals surface area contributed by atoms with Crippen LogP contribution in [0.4, 0.5) is 4.39 Å². The van der Waals surface area contributed by atoms with Crippen molar-refractivity contribution in [3.8, 4) is 23.0 Å². The third-order valence-corrected chi connectivity index (χ3v) is 10.7. The van der Waals surface area contributed by atoms with E-state index in [-0.39, 0.29) is 61.9 Å². The van der Waals surface area contributed by atoms with E-state index in [2.05, 4.69) is 0 Å². The number of nitrogens with zero attached hydrogens (tertiary/aromatic N) is 1. The van der Waals surface area contributed by atoms with Crippen molar-refractivity contribution in [3.63, 3.8) is 0 Å². The molecule has 0 amide bonds. The number of aromatic amines is 1. The van der Waals surface area contributed by atoms with E-state index in [1.54, 1.807) is 27.9 Å². The van der Waals surface area contributed by atoms with Crippen molar-refractivity contribution in [2.75, 3.05) is 51.1 Å². The lowest BCUT2D eigenvalue weighted by Crippen LogP contribution is -2.60. The Balaban J connectivity index is 1.14. The van der Waals surface area contributed by atoms with Gasteiger partial charge in [-0.05, 0) is 30.5 Å². The Bertz CT molecular complexity index is 1860. The number of H-pyrrole nitrogens is 1. The first-order valence-electron chi connectivity index (χ1n) is 17.7. The maximum absolute atomic E-state index is 13.4. The van der Waals surface area contributed by atoms with Gasteiger partial charge >= 0.3 is 11.7 Å². The predicted octanol–water partition coefficient (Wildman–Crippen LogP) is 0.856. The smallest absolute Gasteiger partial charge is 0.331 e. The summed E-state index contributed by atoms with van der Waals surface area (Å²) in [5, 5.41) is 61.0. The number of ether oxygens (including phenoxy) is 6. The molecule has 0 radical (unpaired) electrons. The molecule has 4 rings (SSSR count). The number of nitrogens with one attached hydrogen (secondary N) is 1. The van der Waals surface area contributed by atoms with Crippen LogP contribution in [0.1, 0.15) is 35.2 Å². The Morgan fingerprint density at radius 1 is 0.895 bits per heavy atom. The summed E-state index contributed by atoms with van der Waals surface area (Å²) in [5.74, 6) is -1.54. The van der Waals surface area contributed by atoms with Gasteiger partial charge in [0.15, 0.2) is 12.5 Å². The molecule has 0 spiro atoms. The van der Waals surface area contributed by atoms with E-state index in [1.807, 2.05) is 0 Å². The molecule has 57 heavy (non-hydrogen) atoms. The molecule has 1 saturated heterocycles. The fraction of sp³-hybridized carbons (Fsp3) is 0.500. The molecule has 2 aromatic carbocycles. The number of esters is 1. The van der Waals surface area contributed by atoms with Gasteiger partial charge in [0.25, 0.3) is 5.56 Å². The van der Waals surface area contributed by atoms with E-state index >= 15 is 0 Å². The minimum absolute atomic E-state index is 0.0251. The second-order valence-corrected chi connectivity index (χ2v) is 15.1. The number of benzene rings is 2. The second kappa shape index (κ2) is 23.3. The highest BCUT2D eigenvalue weighted by Crippen LogP contribution is 2.37. The molecule has 21 heteroatoms. The third-order valence-electron chi connectivity index (χ3n) is 8.21. The van der Waals surface area contributed by atoms with E-state index in [4.69, 9.17) is 28.4 Å². The molecule has 314 valence electrons. The number of Topliss-reactive ketones (excluding diaryl/α,β-unsaturated/α-hetero) is 1. The number of hydrogen-bond acceptors (Lipinski definition) is 18. The van der Waals surface area contributed by atoms with E-state index in [0.29, 0.717) is 37.3 Å². The number of halogens is 1. The number of carbonyl (C=O) groups excluding carboxylic acids is 2. The van der Waals surface area contributed by atoms with Gasteiger partial charge in [-0.2, -0.15) is 4.39 Å². The quantitative estimate of drug-likeness (QED) is 0.0285. The molecule has 7 N–H and O–H groups in total. The van der Waals surface area contributed by atoms with Crippen LogP contribution < -0.4 is 20.7 Å². The number of phenols is 2. The molecule has 5 atom stereocenters. The molecule has 0 aliphatic carbocycles. The summed E-state index contributed by atoms with van der Waals surface area (Å²) in [6, 6.07) is 8.76. The number of aromatic nitrogens is 2. The van der Waals surface area contributed by atoms with Crippen LogP contribution in [0.3, 0.4) is 0 Å². The van der Waals surface area contributed by atoms with Gasteiger partial charge in [-0.3, -0.25) is 23.9 Å². The van der Waals surface area contributed by atoms with Crippen LogP contribution in [-0.2, 0) is 36.9 Å². The van der Waals surface area contributed by atoms with Gasteiger partial charge in [0.2, 0.25) is 12.1 Å². The molecule has 0 saturated carbocycles. The number of rotatable bonds is 24. The van der Waals surface area contributed by atoms with E-state index in [0.717, 1.165) is 10.1 Å². The maximum Gasteiger partial charge on any atom is 0.331 e. The first-order chi connectivity index (χ1) is 27.4. The highest BCUT2D eigenvalue weighted by atomic mass is 33.1. The second-order valence-electron chi connectivity index (χ2n) is 12.4.